The van der Waals surface area contributed by atoms with Crippen LogP contribution in [0.3, 0.4) is 0 Å². The summed E-state index contributed by atoms with van der Waals surface area (Å²) >= 11 is 0. The maximum Gasteiger partial charge on any atom is 0.243 e. The van der Waals surface area contributed by atoms with Crippen molar-refractivity contribution in [1.29, 1.82) is 0 Å². The zero-order valence-electron chi connectivity index (χ0n) is 16.9. The predicted molar refractivity (Wildman–Crippen MR) is 114 cm³/mol. The molecule has 0 radical (unpaired) electrons. The van der Waals surface area contributed by atoms with Crippen LogP contribution in [0.15, 0.2) is 70.1 Å². The first-order valence-electron chi connectivity index (χ1n) is 9.31. The number of methoxy groups -OCH3 is 1. The fraction of sp³-hybridized carbons (Fsp3) is 0.182. The number of sulfonamides is 1. The average Bonchev–Trinajstić information content (AvgIpc) is 3.21. The Balaban J connectivity index is 1.58. The summed E-state index contributed by atoms with van der Waals surface area (Å²) in [5.41, 5.74) is 1.86. The molecule has 4 rings (SSSR count). The molecule has 0 aliphatic rings. The maximum atomic E-state index is 13.0. The van der Waals surface area contributed by atoms with Crippen molar-refractivity contribution in [3.63, 3.8) is 0 Å². The summed E-state index contributed by atoms with van der Waals surface area (Å²) < 4.78 is 37.8. The van der Waals surface area contributed by atoms with Crippen LogP contribution >= 0.6 is 0 Å². The lowest BCUT2D eigenvalue weighted by Gasteiger charge is -2.15. The van der Waals surface area contributed by atoms with Gasteiger partial charge in [-0.2, -0.15) is 9.29 Å². The van der Waals surface area contributed by atoms with E-state index in [4.69, 9.17) is 9.26 Å². The molecule has 154 valence electrons. The van der Waals surface area contributed by atoms with Crippen molar-refractivity contribution in [2.45, 2.75) is 18.4 Å². The highest BCUT2D eigenvalue weighted by Gasteiger charge is 2.24. The molecule has 0 atom stereocenters. The molecule has 0 bridgehead atoms. The molecule has 0 aliphatic heterocycles. The number of hydrogen-bond acceptors (Lipinski definition) is 6. The molecule has 30 heavy (non-hydrogen) atoms. The molecule has 0 aliphatic carbocycles. The van der Waals surface area contributed by atoms with Gasteiger partial charge in [0.15, 0.2) is 0 Å². The lowest BCUT2D eigenvalue weighted by atomic mass is 10.1. The number of aromatic nitrogens is 2. The minimum absolute atomic E-state index is 0.0259. The van der Waals surface area contributed by atoms with Gasteiger partial charge in [0.1, 0.15) is 5.75 Å². The molecule has 1 heterocycles. The zero-order chi connectivity index (χ0) is 21.3. The number of nitrogens with zero attached hydrogens (tertiary/aromatic N) is 3. The van der Waals surface area contributed by atoms with Crippen molar-refractivity contribution in [1.82, 2.24) is 14.4 Å². The molecule has 8 heteroatoms. The van der Waals surface area contributed by atoms with Gasteiger partial charge in [-0.15, -0.1) is 0 Å². The Kier molecular flexibility index (Phi) is 5.27. The van der Waals surface area contributed by atoms with Gasteiger partial charge in [-0.05, 0) is 47.5 Å². The highest BCUT2D eigenvalue weighted by Crippen LogP contribution is 2.26. The topological polar surface area (TPSA) is 85.5 Å². The van der Waals surface area contributed by atoms with Crippen LogP contribution in [0.1, 0.15) is 11.5 Å². The second-order valence-electron chi connectivity index (χ2n) is 6.96. The fourth-order valence-electron chi connectivity index (χ4n) is 3.20. The van der Waals surface area contributed by atoms with Crippen LogP contribution < -0.4 is 4.74 Å². The largest absolute Gasteiger partial charge is 0.497 e. The van der Waals surface area contributed by atoms with Crippen molar-refractivity contribution in [3.8, 4) is 17.1 Å². The maximum absolute atomic E-state index is 13.0. The van der Waals surface area contributed by atoms with Crippen molar-refractivity contribution in [2.24, 2.45) is 0 Å². The van der Waals surface area contributed by atoms with Crippen molar-refractivity contribution < 1.29 is 17.7 Å². The summed E-state index contributed by atoms with van der Waals surface area (Å²) in [5.74, 6) is 1.38. The third-order valence-corrected chi connectivity index (χ3v) is 6.74. The number of rotatable bonds is 6. The second-order valence-corrected chi connectivity index (χ2v) is 9.01. The normalized spacial score (nSPS) is 11.9. The average molecular weight is 423 g/mol. The Labute approximate surface area is 175 Å². The molecule has 0 unspecified atom stereocenters. The first kappa shape index (κ1) is 20.1. The van der Waals surface area contributed by atoms with E-state index >= 15 is 0 Å². The quantitative estimate of drug-likeness (QED) is 0.465. The molecule has 1 aromatic heterocycles. The van der Waals surface area contributed by atoms with Gasteiger partial charge in [0.25, 0.3) is 0 Å². The Morgan fingerprint density at radius 1 is 1.03 bits per heavy atom. The van der Waals surface area contributed by atoms with Gasteiger partial charge in [-0.25, -0.2) is 8.42 Å². The molecule has 3 aromatic carbocycles. The minimum Gasteiger partial charge on any atom is -0.497 e. The van der Waals surface area contributed by atoms with Crippen molar-refractivity contribution in [3.05, 3.63) is 72.1 Å². The lowest BCUT2D eigenvalue weighted by molar-refractivity contribution is 0.337. The minimum atomic E-state index is -3.73. The number of fused-ring (bicyclic) bond motifs is 1. The Morgan fingerprint density at radius 3 is 2.53 bits per heavy atom. The van der Waals surface area contributed by atoms with E-state index in [2.05, 4.69) is 10.1 Å². The van der Waals surface area contributed by atoms with Crippen LogP contribution in [0.5, 0.6) is 5.75 Å². The van der Waals surface area contributed by atoms with E-state index in [9.17, 15) is 8.42 Å². The van der Waals surface area contributed by atoms with E-state index in [1.165, 1.54) is 11.4 Å². The summed E-state index contributed by atoms with van der Waals surface area (Å²) in [6.07, 6.45) is 0. The van der Waals surface area contributed by atoms with E-state index in [-0.39, 0.29) is 17.3 Å². The lowest BCUT2D eigenvalue weighted by Crippen LogP contribution is -2.26. The third kappa shape index (κ3) is 3.79. The van der Waals surface area contributed by atoms with Gasteiger partial charge in [0, 0.05) is 12.6 Å². The summed E-state index contributed by atoms with van der Waals surface area (Å²) in [4.78, 5) is 4.56. The van der Waals surface area contributed by atoms with Gasteiger partial charge in [-0.3, -0.25) is 0 Å². The first-order valence-corrected chi connectivity index (χ1v) is 10.8. The van der Waals surface area contributed by atoms with Gasteiger partial charge in [0.05, 0.1) is 18.6 Å². The molecular weight excluding hydrogens is 402 g/mol. The van der Waals surface area contributed by atoms with E-state index < -0.39 is 10.0 Å². The van der Waals surface area contributed by atoms with Crippen LogP contribution in [0.2, 0.25) is 0 Å². The van der Waals surface area contributed by atoms with Crippen LogP contribution in [0.4, 0.5) is 0 Å². The highest BCUT2D eigenvalue weighted by atomic mass is 32.2. The number of aryl methyl sites for hydroxylation is 1. The first-order chi connectivity index (χ1) is 14.4. The fourth-order valence-corrected chi connectivity index (χ4v) is 4.35. The monoisotopic (exact) mass is 423 g/mol. The molecule has 0 saturated heterocycles. The van der Waals surface area contributed by atoms with E-state index in [0.717, 1.165) is 27.6 Å². The second kappa shape index (κ2) is 7.89. The van der Waals surface area contributed by atoms with Crippen LogP contribution in [-0.2, 0) is 16.6 Å². The van der Waals surface area contributed by atoms with Crippen LogP contribution in [-0.4, -0.2) is 37.0 Å². The Morgan fingerprint density at radius 2 is 1.77 bits per heavy atom. The Hall–Kier alpha value is -3.23. The molecule has 4 aromatic rings. The van der Waals surface area contributed by atoms with Gasteiger partial charge in [-0.1, -0.05) is 41.6 Å². The zero-order valence-corrected chi connectivity index (χ0v) is 17.7. The SMILES string of the molecule is COc1ccc2cc(S(=O)(=O)N(C)Cc3nc(-c4ccccc4C)no3)ccc2c1. The Bertz CT molecular complexity index is 1310. The smallest absolute Gasteiger partial charge is 0.243 e. The molecule has 0 N–H and O–H groups in total. The summed E-state index contributed by atoms with van der Waals surface area (Å²) in [6, 6.07) is 18.2. The molecule has 0 spiro atoms. The summed E-state index contributed by atoms with van der Waals surface area (Å²) in [6.45, 7) is 1.93. The van der Waals surface area contributed by atoms with Crippen LogP contribution in [0, 0.1) is 6.92 Å². The number of hydrogen-bond donors (Lipinski definition) is 0. The van der Waals surface area contributed by atoms with E-state index in [1.807, 2.05) is 43.3 Å². The number of benzene rings is 3. The molecular formula is C22H21N3O4S. The third-order valence-electron chi connectivity index (χ3n) is 4.94. The predicted octanol–water partition coefficient (Wildman–Crippen LogP) is 4.03. The standard InChI is InChI=1S/C22H21N3O4S/c1-15-6-4-5-7-20(15)22-23-21(29-24-22)14-25(2)30(26,27)19-11-9-16-12-18(28-3)10-8-17(16)13-19/h4-13H,14H2,1-3H3. The summed E-state index contributed by atoms with van der Waals surface area (Å²) in [7, 11) is -0.648. The van der Waals surface area contributed by atoms with Crippen molar-refractivity contribution in [2.75, 3.05) is 14.2 Å². The van der Waals surface area contributed by atoms with E-state index in [1.54, 1.807) is 31.4 Å². The van der Waals surface area contributed by atoms with Gasteiger partial charge < -0.3 is 9.26 Å². The highest BCUT2D eigenvalue weighted by molar-refractivity contribution is 7.89. The molecule has 0 saturated carbocycles. The molecule has 7 nitrogen and oxygen atoms in total. The van der Waals surface area contributed by atoms with Crippen LogP contribution in [0.25, 0.3) is 22.2 Å². The number of ether oxygens (including phenoxy) is 1. The van der Waals surface area contributed by atoms with Crippen molar-refractivity contribution >= 4 is 20.8 Å². The van der Waals surface area contributed by atoms with Gasteiger partial charge >= 0.3 is 0 Å². The molecule has 0 amide bonds. The summed E-state index contributed by atoms with van der Waals surface area (Å²) in [5, 5.41) is 5.70. The van der Waals surface area contributed by atoms with E-state index in [0.29, 0.717) is 5.82 Å². The van der Waals surface area contributed by atoms with Gasteiger partial charge in [0.2, 0.25) is 21.7 Å². The molecule has 0 fully saturated rings.